The number of rotatable bonds is 4. The van der Waals surface area contributed by atoms with Crippen molar-refractivity contribution < 1.29 is 0 Å². The minimum absolute atomic E-state index is 0.281. The van der Waals surface area contributed by atoms with Crippen molar-refractivity contribution in [2.75, 3.05) is 23.3 Å². The molecular weight excluding hydrogens is 388 g/mol. The van der Waals surface area contributed by atoms with Crippen LogP contribution in [-0.2, 0) is 0 Å². The third-order valence-corrected chi connectivity index (χ3v) is 5.74. The SMILES string of the molecule is C=NC(=Nc1ccc(N2CCC(N)CC2)cn1)Nc1c(C)ccc2ncn(C(C)C)c12. The van der Waals surface area contributed by atoms with Gasteiger partial charge in [-0.2, -0.15) is 4.99 Å². The van der Waals surface area contributed by atoms with Gasteiger partial charge in [0.05, 0.1) is 34.9 Å². The van der Waals surface area contributed by atoms with Gasteiger partial charge >= 0.3 is 0 Å². The van der Waals surface area contributed by atoms with E-state index >= 15 is 0 Å². The van der Waals surface area contributed by atoms with Crippen LogP contribution in [0.3, 0.4) is 0 Å². The van der Waals surface area contributed by atoms with Crippen molar-refractivity contribution in [3.63, 3.8) is 0 Å². The van der Waals surface area contributed by atoms with Crippen molar-refractivity contribution in [3.8, 4) is 0 Å². The molecule has 1 aromatic carbocycles. The molecule has 8 nitrogen and oxygen atoms in total. The molecule has 3 aromatic rings. The molecule has 0 radical (unpaired) electrons. The van der Waals surface area contributed by atoms with Gasteiger partial charge in [0.15, 0.2) is 5.82 Å². The number of benzene rings is 1. The monoisotopic (exact) mass is 418 g/mol. The average molecular weight is 419 g/mol. The molecule has 2 aromatic heterocycles. The number of fused-ring (bicyclic) bond motifs is 1. The second-order valence-corrected chi connectivity index (χ2v) is 8.29. The molecule has 3 N–H and O–H groups in total. The largest absolute Gasteiger partial charge is 0.370 e. The van der Waals surface area contributed by atoms with Gasteiger partial charge in [-0.05, 0) is 64.1 Å². The maximum absolute atomic E-state index is 6.01. The van der Waals surface area contributed by atoms with E-state index in [9.17, 15) is 0 Å². The summed E-state index contributed by atoms with van der Waals surface area (Å²) >= 11 is 0. The van der Waals surface area contributed by atoms with Crippen LogP contribution in [0.25, 0.3) is 11.0 Å². The molecule has 1 aliphatic rings. The van der Waals surface area contributed by atoms with Gasteiger partial charge in [-0.25, -0.2) is 15.0 Å². The second-order valence-electron chi connectivity index (χ2n) is 8.29. The Morgan fingerprint density at radius 1 is 1.19 bits per heavy atom. The van der Waals surface area contributed by atoms with E-state index in [1.54, 1.807) is 0 Å². The highest BCUT2D eigenvalue weighted by molar-refractivity contribution is 6.04. The van der Waals surface area contributed by atoms with Gasteiger partial charge in [0.2, 0.25) is 5.96 Å². The van der Waals surface area contributed by atoms with Crippen molar-refractivity contribution in [2.24, 2.45) is 15.7 Å². The van der Waals surface area contributed by atoms with Gasteiger partial charge in [-0.3, -0.25) is 0 Å². The van der Waals surface area contributed by atoms with Crippen molar-refractivity contribution >= 4 is 40.9 Å². The van der Waals surface area contributed by atoms with Crippen molar-refractivity contribution in [1.29, 1.82) is 0 Å². The van der Waals surface area contributed by atoms with E-state index in [4.69, 9.17) is 5.73 Å². The summed E-state index contributed by atoms with van der Waals surface area (Å²) in [5.41, 5.74) is 11.1. The lowest BCUT2D eigenvalue weighted by Gasteiger charge is -2.31. The van der Waals surface area contributed by atoms with Gasteiger partial charge < -0.3 is 20.5 Å². The number of nitrogens with zero attached hydrogens (tertiary/aromatic N) is 6. The summed E-state index contributed by atoms with van der Waals surface area (Å²) in [6, 6.07) is 8.61. The smallest absolute Gasteiger partial charge is 0.228 e. The third-order valence-electron chi connectivity index (χ3n) is 5.74. The summed E-state index contributed by atoms with van der Waals surface area (Å²) in [6.07, 6.45) is 5.74. The molecule has 1 fully saturated rings. The maximum atomic E-state index is 6.01. The zero-order chi connectivity index (χ0) is 22.0. The predicted molar refractivity (Wildman–Crippen MR) is 129 cm³/mol. The van der Waals surface area contributed by atoms with E-state index in [1.807, 2.05) is 36.8 Å². The number of hydrogen-bond acceptors (Lipinski definition) is 5. The Bertz CT molecular complexity index is 1090. The van der Waals surface area contributed by atoms with Gasteiger partial charge in [0, 0.05) is 25.2 Å². The number of imidazole rings is 1. The van der Waals surface area contributed by atoms with Crippen LogP contribution in [0, 0.1) is 6.92 Å². The number of anilines is 2. The number of nitrogens with one attached hydrogen (secondary N) is 1. The molecular formula is C23H30N8. The number of hydrogen-bond donors (Lipinski definition) is 2. The Hall–Kier alpha value is -3.26. The molecule has 31 heavy (non-hydrogen) atoms. The third kappa shape index (κ3) is 4.44. The molecule has 4 rings (SSSR count). The van der Waals surface area contributed by atoms with Crippen LogP contribution in [0.4, 0.5) is 17.2 Å². The average Bonchev–Trinajstić information content (AvgIpc) is 3.21. The number of aryl methyl sites for hydroxylation is 1. The lowest BCUT2D eigenvalue weighted by Crippen LogP contribution is -2.39. The number of piperidine rings is 1. The van der Waals surface area contributed by atoms with E-state index in [0.717, 1.165) is 53.9 Å². The molecule has 0 amide bonds. The minimum atomic E-state index is 0.281. The molecule has 0 aliphatic carbocycles. The molecule has 8 heteroatoms. The summed E-state index contributed by atoms with van der Waals surface area (Å²) < 4.78 is 2.14. The van der Waals surface area contributed by atoms with Gasteiger partial charge in [0.1, 0.15) is 0 Å². The highest BCUT2D eigenvalue weighted by Crippen LogP contribution is 2.29. The summed E-state index contributed by atoms with van der Waals surface area (Å²) in [7, 11) is 0. The van der Waals surface area contributed by atoms with Crippen LogP contribution in [0.15, 0.2) is 46.8 Å². The van der Waals surface area contributed by atoms with E-state index in [1.165, 1.54) is 0 Å². The summed E-state index contributed by atoms with van der Waals surface area (Å²) in [6.45, 7) is 11.9. The Kier molecular flexibility index (Phi) is 5.99. The Morgan fingerprint density at radius 3 is 2.61 bits per heavy atom. The lowest BCUT2D eigenvalue weighted by molar-refractivity contribution is 0.501. The summed E-state index contributed by atoms with van der Waals surface area (Å²) in [4.78, 5) is 20.0. The standard InChI is InChI=1S/C23H30N8/c1-15(2)31-14-27-19-7-5-16(3)21(22(19)31)29-23(25-4)28-20-8-6-18(13-26-20)30-11-9-17(24)10-12-30/h5-8,13-15,17H,4,9-12,24H2,1-3H3,(H,26,28,29). The number of pyridine rings is 1. The number of aromatic nitrogens is 3. The number of aliphatic imine (C=N–C) groups is 2. The van der Waals surface area contributed by atoms with Crippen LogP contribution in [0.1, 0.15) is 38.3 Å². The van der Waals surface area contributed by atoms with Crippen molar-refractivity contribution in [1.82, 2.24) is 14.5 Å². The zero-order valence-corrected chi connectivity index (χ0v) is 18.4. The van der Waals surface area contributed by atoms with Crippen LogP contribution in [0.2, 0.25) is 0 Å². The number of nitrogens with two attached hydrogens (primary N) is 1. The highest BCUT2D eigenvalue weighted by atomic mass is 15.2. The second kappa shape index (κ2) is 8.85. The molecule has 1 aliphatic heterocycles. The van der Waals surface area contributed by atoms with E-state index in [0.29, 0.717) is 17.8 Å². The van der Waals surface area contributed by atoms with Crippen LogP contribution >= 0.6 is 0 Å². The van der Waals surface area contributed by atoms with Gasteiger partial charge in [-0.15, -0.1) is 0 Å². The van der Waals surface area contributed by atoms with Crippen LogP contribution in [0.5, 0.6) is 0 Å². The molecule has 0 spiro atoms. The Labute approximate surface area is 182 Å². The Balaban J connectivity index is 1.59. The lowest BCUT2D eigenvalue weighted by atomic mass is 10.1. The van der Waals surface area contributed by atoms with Crippen molar-refractivity contribution in [3.05, 3.63) is 42.4 Å². The first-order valence-corrected chi connectivity index (χ1v) is 10.7. The zero-order valence-electron chi connectivity index (χ0n) is 18.4. The quantitative estimate of drug-likeness (QED) is 0.492. The number of guanidine groups is 1. The normalized spacial score (nSPS) is 15.6. The van der Waals surface area contributed by atoms with Crippen molar-refractivity contribution in [2.45, 2.75) is 45.7 Å². The first-order chi connectivity index (χ1) is 15.0. The van der Waals surface area contributed by atoms with Crippen LogP contribution < -0.4 is 16.0 Å². The van der Waals surface area contributed by atoms with E-state index in [2.05, 4.69) is 62.2 Å². The Morgan fingerprint density at radius 2 is 1.97 bits per heavy atom. The van der Waals surface area contributed by atoms with Crippen LogP contribution in [-0.4, -0.2) is 46.3 Å². The maximum Gasteiger partial charge on any atom is 0.228 e. The molecule has 162 valence electrons. The summed E-state index contributed by atoms with van der Waals surface area (Å²) in [5, 5.41) is 3.35. The minimum Gasteiger partial charge on any atom is -0.370 e. The molecule has 0 saturated carbocycles. The molecule has 0 bridgehead atoms. The fourth-order valence-corrected chi connectivity index (χ4v) is 3.89. The first-order valence-electron chi connectivity index (χ1n) is 10.7. The van der Waals surface area contributed by atoms with Gasteiger partial charge in [-0.1, -0.05) is 6.07 Å². The highest BCUT2D eigenvalue weighted by Gasteiger charge is 2.17. The van der Waals surface area contributed by atoms with E-state index in [-0.39, 0.29) is 6.04 Å². The molecule has 0 atom stereocenters. The van der Waals surface area contributed by atoms with Gasteiger partial charge in [0.25, 0.3) is 0 Å². The fourth-order valence-electron chi connectivity index (χ4n) is 3.89. The fraction of sp³-hybridized carbons (Fsp3) is 0.391. The molecule has 3 heterocycles. The topological polar surface area (TPSA) is 96.7 Å². The summed E-state index contributed by atoms with van der Waals surface area (Å²) in [5.74, 6) is 0.978. The molecule has 1 saturated heterocycles. The molecule has 0 unspecified atom stereocenters. The van der Waals surface area contributed by atoms with E-state index < -0.39 is 0 Å². The first kappa shape index (κ1) is 21.0. The predicted octanol–water partition coefficient (Wildman–Crippen LogP) is 4.05.